The number of H-pyrrole nitrogens is 1. The molecule has 0 fully saturated rings. The van der Waals surface area contributed by atoms with E-state index in [1.165, 1.54) is 16.2 Å². The molecule has 3 N–H and O–H groups in total. The second-order valence-corrected chi connectivity index (χ2v) is 8.41. The van der Waals surface area contributed by atoms with E-state index in [4.69, 9.17) is 4.98 Å². The van der Waals surface area contributed by atoms with Gasteiger partial charge in [-0.2, -0.15) is 0 Å². The number of benzene rings is 1. The van der Waals surface area contributed by atoms with Crippen LogP contribution in [0.2, 0.25) is 0 Å². The van der Waals surface area contributed by atoms with Crippen LogP contribution in [0.25, 0.3) is 11.0 Å². The van der Waals surface area contributed by atoms with Crippen LogP contribution < -0.4 is 16.2 Å². The topological polar surface area (TPSA) is 109 Å². The highest BCUT2D eigenvalue weighted by Gasteiger charge is 2.12. The molecule has 3 aromatic rings. The van der Waals surface area contributed by atoms with E-state index in [1.54, 1.807) is 31.5 Å². The summed E-state index contributed by atoms with van der Waals surface area (Å²) < 4.78 is 1.53. The maximum absolute atomic E-state index is 12.9. The number of hydrogen-bond acceptors (Lipinski definition) is 4. The molecule has 0 saturated heterocycles. The van der Waals surface area contributed by atoms with Gasteiger partial charge in [-0.3, -0.25) is 14.4 Å². The summed E-state index contributed by atoms with van der Waals surface area (Å²) in [5, 5.41) is 5.19. The Balaban J connectivity index is 1.65. The Morgan fingerprint density at radius 2 is 2.03 bits per heavy atom. The molecular weight excluding hydrogens is 418 g/mol. The summed E-state index contributed by atoms with van der Waals surface area (Å²) in [6.45, 7) is 4.63. The fraction of sp³-hybridized carbons (Fsp3) is 0.360. The average Bonchev–Trinajstić information content (AvgIpc) is 3.19. The van der Waals surface area contributed by atoms with Crippen molar-refractivity contribution < 1.29 is 9.59 Å². The molecule has 33 heavy (non-hydrogen) atoms. The molecule has 2 heterocycles. The minimum absolute atomic E-state index is 0.176. The van der Waals surface area contributed by atoms with Gasteiger partial charge in [0.1, 0.15) is 11.5 Å². The number of para-hydroxylation sites is 1. The van der Waals surface area contributed by atoms with Crippen molar-refractivity contribution in [2.24, 2.45) is 5.92 Å². The van der Waals surface area contributed by atoms with Crippen LogP contribution in [0.3, 0.4) is 0 Å². The molecule has 2 amide bonds. The maximum Gasteiger partial charge on any atom is 0.274 e. The third-order valence-corrected chi connectivity index (χ3v) is 5.18. The first-order chi connectivity index (χ1) is 15.9. The number of likely N-dealkylation sites (N-methyl/N-ethyl adjacent to an activating group) is 1. The van der Waals surface area contributed by atoms with E-state index in [-0.39, 0.29) is 36.0 Å². The van der Waals surface area contributed by atoms with Crippen LogP contribution in [-0.4, -0.2) is 33.4 Å². The van der Waals surface area contributed by atoms with Crippen LogP contribution in [0.15, 0.2) is 53.5 Å². The Bertz CT molecular complexity index is 1210. The van der Waals surface area contributed by atoms with Crippen LogP contribution in [0.5, 0.6) is 0 Å². The van der Waals surface area contributed by atoms with Crippen molar-refractivity contribution in [2.45, 2.75) is 46.1 Å². The lowest BCUT2D eigenvalue weighted by Gasteiger charge is -2.08. The third-order valence-electron chi connectivity index (χ3n) is 5.18. The number of nitrogens with one attached hydrogen (secondary N) is 3. The number of amides is 2. The van der Waals surface area contributed by atoms with Crippen LogP contribution in [-0.2, 0) is 22.6 Å². The molecule has 0 unspecified atom stereocenters. The largest absolute Gasteiger partial charge is 0.356 e. The fourth-order valence-corrected chi connectivity index (χ4v) is 3.61. The van der Waals surface area contributed by atoms with Gasteiger partial charge in [-0.25, -0.2) is 4.98 Å². The first-order valence-corrected chi connectivity index (χ1v) is 11.2. The number of pyridine rings is 1. The van der Waals surface area contributed by atoms with Crippen molar-refractivity contribution in [1.29, 1.82) is 0 Å². The number of carbonyl (C=O) groups is 2. The van der Waals surface area contributed by atoms with Gasteiger partial charge in [-0.15, -0.1) is 0 Å². The van der Waals surface area contributed by atoms with E-state index in [9.17, 15) is 14.4 Å². The van der Waals surface area contributed by atoms with Gasteiger partial charge in [0.05, 0.1) is 17.6 Å². The van der Waals surface area contributed by atoms with Gasteiger partial charge in [-0.05, 0) is 55.0 Å². The Kier molecular flexibility index (Phi) is 8.18. The molecule has 0 spiro atoms. The second kappa shape index (κ2) is 11.3. The molecule has 0 radical (unpaired) electrons. The van der Waals surface area contributed by atoms with Gasteiger partial charge >= 0.3 is 0 Å². The zero-order chi connectivity index (χ0) is 23.8. The van der Waals surface area contributed by atoms with Crippen LogP contribution in [0.4, 0.5) is 5.69 Å². The van der Waals surface area contributed by atoms with Gasteiger partial charge < -0.3 is 20.2 Å². The lowest BCUT2D eigenvalue weighted by Crippen LogP contribution is -2.26. The summed E-state index contributed by atoms with van der Waals surface area (Å²) in [5.74, 6) is 0.797. The van der Waals surface area contributed by atoms with Crippen LogP contribution >= 0.6 is 0 Å². The number of carbonyl (C=O) groups excluding carboxylic acids is 2. The molecule has 0 atom stereocenters. The van der Waals surface area contributed by atoms with E-state index < -0.39 is 0 Å². The van der Waals surface area contributed by atoms with Gasteiger partial charge in [0, 0.05) is 19.7 Å². The first kappa shape index (κ1) is 24.0. The molecule has 0 aliphatic rings. The molecular formula is C25H31N5O3. The summed E-state index contributed by atoms with van der Waals surface area (Å²) in [6.07, 6.45) is 7.23. The van der Waals surface area contributed by atoms with Crippen molar-refractivity contribution in [3.05, 3.63) is 70.4 Å². The molecule has 2 aromatic heterocycles. The van der Waals surface area contributed by atoms with E-state index in [1.807, 2.05) is 12.1 Å². The predicted octanol–water partition coefficient (Wildman–Crippen LogP) is 3.38. The number of allylic oxidation sites excluding steroid dienone is 1. The van der Waals surface area contributed by atoms with E-state index in [2.05, 4.69) is 35.5 Å². The summed E-state index contributed by atoms with van der Waals surface area (Å²) in [4.78, 5) is 44.3. The number of anilines is 1. The standard InChI is InChI=1S/C25H31N5O3/c1-17(2)15-18-9-7-10-19-24(18)29-21(27-19)16-30-14-8-11-20(25(30)33)28-23(32)13-6-4-5-12-22(31)26-3/h5,7-12,14,17H,4,6,13,15-16H2,1-3H3,(H,26,31)(H,27,29)(H,28,32)/b12-5+. The highest BCUT2D eigenvalue weighted by Crippen LogP contribution is 2.20. The minimum Gasteiger partial charge on any atom is -0.356 e. The molecule has 0 saturated carbocycles. The van der Waals surface area contributed by atoms with Crippen molar-refractivity contribution in [3.8, 4) is 0 Å². The molecule has 1 aromatic carbocycles. The highest BCUT2D eigenvalue weighted by atomic mass is 16.2. The number of aromatic amines is 1. The quantitative estimate of drug-likeness (QED) is 0.326. The van der Waals surface area contributed by atoms with E-state index in [0.717, 1.165) is 17.5 Å². The number of hydrogen-bond donors (Lipinski definition) is 3. The predicted molar refractivity (Wildman–Crippen MR) is 130 cm³/mol. The van der Waals surface area contributed by atoms with Gasteiger partial charge in [-0.1, -0.05) is 32.1 Å². The zero-order valence-electron chi connectivity index (χ0n) is 19.4. The van der Waals surface area contributed by atoms with Gasteiger partial charge in [0.15, 0.2) is 0 Å². The number of unbranched alkanes of at least 4 members (excludes halogenated alkanes) is 1. The normalized spacial score (nSPS) is 11.4. The molecule has 8 nitrogen and oxygen atoms in total. The number of rotatable bonds is 10. The first-order valence-electron chi connectivity index (χ1n) is 11.2. The highest BCUT2D eigenvalue weighted by molar-refractivity contribution is 5.90. The Morgan fingerprint density at radius 3 is 2.79 bits per heavy atom. The van der Waals surface area contributed by atoms with Crippen LogP contribution in [0, 0.1) is 5.92 Å². The minimum atomic E-state index is -0.284. The summed E-state index contributed by atoms with van der Waals surface area (Å²) >= 11 is 0. The Hall–Kier alpha value is -3.68. The summed E-state index contributed by atoms with van der Waals surface area (Å²) in [7, 11) is 1.56. The van der Waals surface area contributed by atoms with Crippen molar-refractivity contribution in [2.75, 3.05) is 12.4 Å². The van der Waals surface area contributed by atoms with Gasteiger partial charge in [0.2, 0.25) is 11.8 Å². The molecule has 0 aliphatic heterocycles. The van der Waals surface area contributed by atoms with Crippen molar-refractivity contribution >= 4 is 28.5 Å². The van der Waals surface area contributed by atoms with Crippen molar-refractivity contribution in [3.63, 3.8) is 0 Å². The average molecular weight is 450 g/mol. The van der Waals surface area contributed by atoms with Crippen molar-refractivity contribution in [1.82, 2.24) is 19.9 Å². The number of imidazole rings is 1. The number of aromatic nitrogens is 3. The zero-order valence-corrected chi connectivity index (χ0v) is 19.4. The smallest absolute Gasteiger partial charge is 0.274 e. The SMILES string of the molecule is CNC(=O)/C=C/CCCC(=O)Nc1cccn(Cc2nc3c(CC(C)C)cccc3[nH]2)c1=O. The molecule has 174 valence electrons. The summed E-state index contributed by atoms with van der Waals surface area (Å²) in [6, 6.07) is 9.42. The molecule has 0 aliphatic carbocycles. The lowest BCUT2D eigenvalue weighted by atomic mass is 10.0. The van der Waals surface area contributed by atoms with E-state index >= 15 is 0 Å². The number of fused-ring (bicyclic) bond motifs is 1. The van der Waals surface area contributed by atoms with E-state index in [0.29, 0.717) is 24.6 Å². The number of nitrogens with zero attached hydrogens (tertiary/aromatic N) is 2. The second-order valence-electron chi connectivity index (χ2n) is 8.41. The summed E-state index contributed by atoms with van der Waals surface area (Å²) in [5.41, 5.74) is 3.02. The third kappa shape index (κ3) is 6.65. The fourth-order valence-electron chi connectivity index (χ4n) is 3.61. The lowest BCUT2D eigenvalue weighted by molar-refractivity contribution is -0.116. The molecule has 0 bridgehead atoms. The maximum atomic E-state index is 12.9. The Morgan fingerprint density at radius 1 is 1.21 bits per heavy atom. The monoisotopic (exact) mass is 449 g/mol. The molecule has 3 rings (SSSR count). The van der Waals surface area contributed by atoms with Gasteiger partial charge in [0.25, 0.3) is 5.56 Å². The molecule has 8 heteroatoms. The Labute approximate surface area is 193 Å². The van der Waals surface area contributed by atoms with Crippen LogP contribution in [0.1, 0.15) is 44.5 Å².